The van der Waals surface area contributed by atoms with E-state index in [4.69, 9.17) is 22.9 Å². The number of rotatable bonds is 16. The Morgan fingerprint density at radius 2 is 1.32 bits per heavy atom. The van der Waals surface area contributed by atoms with E-state index in [0.29, 0.717) is 18.4 Å². The number of nitrogens with one attached hydrogen (secondary N) is 7. The molecule has 0 aromatic heterocycles. The van der Waals surface area contributed by atoms with Gasteiger partial charge in [-0.2, -0.15) is 0 Å². The molecule has 0 spiro atoms. The van der Waals surface area contributed by atoms with E-state index in [2.05, 4.69) is 37.2 Å². The van der Waals surface area contributed by atoms with Gasteiger partial charge in [-0.1, -0.05) is 67.8 Å². The van der Waals surface area contributed by atoms with Crippen LogP contribution in [0, 0.1) is 11.8 Å². The van der Waals surface area contributed by atoms with E-state index in [1.165, 1.54) is 29.2 Å². The van der Waals surface area contributed by atoms with Crippen LogP contribution in [0.1, 0.15) is 71.8 Å². The van der Waals surface area contributed by atoms with E-state index in [-0.39, 0.29) is 49.0 Å². The largest absolute Gasteiger partial charge is 0.508 e. The standard InChI is InChI=1S/C42H64N12O12S2/c1-5-21(4)34-41(65)51-28(16-32(45)57)37(61)49-27(15-31(44)56)38(62)52-29(19-68-67-18-24(43)35(59)48-26(39(63)53-34)14-22-8-10-23(55)11-9-22)42(66)54-12-6-7-30(54)40(64)50-25(13-20(2)3)36(60)47-17-33(46)58/h8-11,20-21,24-30,34,55H,5-7,12-19,43H2,1-4H3,(H2,44,56)(H2,45,57)(H2,46,58)(H,47,60)(H,48,59)(H,49,61)(H,50,64)(H,51,65)(H,52,62)(H,53,63)/t21-,24-,25-,26?,27?,28+,29-,30+,34-/m0/s1. The normalized spacial score (nSPS) is 24.5. The van der Waals surface area contributed by atoms with Gasteiger partial charge in [-0.15, -0.1) is 0 Å². The molecule has 2 saturated heterocycles. The number of aromatic hydroxyl groups is 1. The molecule has 2 aliphatic rings. The third-order valence-electron chi connectivity index (χ3n) is 11.0. The molecule has 2 aliphatic heterocycles. The van der Waals surface area contributed by atoms with Gasteiger partial charge in [0.2, 0.25) is 65.0 Å². The Labute approximate surface area is 401 Å². The van der Waals surface area contributed by atoms with Crippen molar-refractivity contribution in [3.05, 3.63) is 29.8 Å². The summed E-state index contributed by atoms with van der Waals surface area (Å²) in [4.78, 5) is 148. The lowest BCUT2D eigenvalue weighted by atomic mass is 9.96. The van der Waals surface area contributed by atoms with Crippen LogP contribution >= 0.6 is 21.6 Å². The van der Waals surface area contributed by atoms with Crippen molar-refractivity contribution in [3.8, 4) is 5.75 Å². The minimum absolute atomic E-state index is 0.0430. The maximum Gasteiger partial charge on any atom is 0.246 e. The minimum Gasteiger partial charge on any atom is -0.508 e. The fourth-order valence-corrected chi connectivity index (χ4v) is 9.48. The van der Waals surface area contributed by atoms with E-state index < -0.39 is 139 Å². The van der Waals surface area contributed by atoms with E-state index in [1.54, 1.807) is 13.8 Å². The number of primary amides is 3. The van der Waals surface area contributed by atoms with E-state index in [9.17, 15) is 57.8 Å². The van der Waals surface area contributed by atoms with Crippen LogP contribution < -0.4 is 60.2 Å². The third kappa shape index (κ3) is 17.8. The number of hydrogen-bond donors (Lipinski definition) is 12. The summed E-state index contributed by atoms with van der Waals surface area (Å²) in [5.41, 5.74) is 22.9. The zero-order chi connectivity index (χ0) is 50.8. The Bertz CT molecular complexity index is 2030. The quantitative estimate of drug-likeness (QED) is 0.0703. The molecule has 26 heteroatoms. The molecule has 9 atom stereocenters. The number of amides is 11. The highest BCUT2D eigenvalue weighted by Gasteiger charge is 2.41. The molecule has 2 heterocycles. The molecule has 2 unspecified atom stereocenters. The van der Waals surface area contributed by atoms with Gasteiger partial charge in [0.1, 0.15) is 48.0 Å². The van der Waals surface area contributed by atoms with Crippen molar-refractivity contribution in [2.75, 3.05) is 24.6 Å². The van der Waals surface area contributed by atoms with E-state index in [1.807, 2.05) is 13.8 Å². The monoisotopic (exact) mass is 992 g/mol. The Hall–Kier alpha value is -6.15. The summed E-state index contributed by atoms with van der Waals surface area (Å²) in [5.74, 6) is -10.9. The molecule has 2 fully saturated rings. The lowest BCUT2D eigenvalue weighted by Gasteiger charge is -2.31. The summed E-state index contributed by atoms with van der Waals surface area (Å²) in [6, 6.07) is -5.38. The average Bonchev–Trinajstić information content (AvgIpc) is 3.77. The van der Waals surface area contributed by atoms with Crippen LogP contribution in [0.2, 0.25) is 0 Å². The molecule has 68 heavy (non-hydrogen) atoms. The number of phenolic OH excluding ortho intramolecular Hbond substituents is 1. The first-order chi connectivity index (χ1) is 32.0. The van der Waals surface area contributed by atoms with Gasteiger partial charge in [0, 0.05) is 24.5 Å². The molecule has 3 rings (SSSR count). The van der Waals surface area contributed by atoms with Gasteiger partial charge in [0.25, 0.3) is 0 Å². The summed E-state index contributed by atoms with van der Waals surface area (Å²) in [6.45, 7) is 6.55. The van der Waals surface area contributed by atoms with Crippen molar-refractivity contribution in [3.63, 3.8) is 0 Å². The molecule has 24 nitrogen and oxygen atoms in total. The van der Waals surface area contributed by atoms with Crippen LogP contribution in [0.3, 0.4) is 0 Å². The van der Waals surface area contributed by atoms with Crippen molar-refractivity contribution in [2.24, 2.45) is 34.8 Å². The summed E-state index contributed by atoms with van der Waals surface area (Å²) in [6.07, 6.45) is -0.745. The predicted molar refractivity (Wildman–Crippen MR) is 250 cm³/mol. The van der Waals surface area contributed by atoms with Gasteiger partial charge >= 0.3 is 0 Å². The first kappa shape index (κ1) is 56.2. The van der Waals surface area contributed by atoms with Gasteiger partial charge in [-0.05, 0) is 48.8 Å². The van der Waals surface area contributed by atoms with Crippen LogP contribution in [0.15, 0.2) is 24.3 Å². The average molecular weight is 993 g/mol. The molecule has 1 aromatic carbocycles. The Morgan fingerprint density at radius 3 is 1.90 bits per heavy atom. The molecule has 0 aliphatic carbocycles. The van der Waals surface area contributed by atoms with E-state index >= 15 is 0 Å². The number of nitrogens with two attached hydrogens (primary N) is 4. The summed E-state index contributed by atoms with van der Waals surface area (Å²) < 4.78 is 0. The molecule has 1 aromatic rings. The molecular weight excluding hydrogens is 929 g/mol. The van der Waals surface area contributed by atoms with Crippen LogP contribution in [-0.4, -0.2) is 148 Å². The second-order valence-electron chi connectivity index (χ2n) is 17.1. The van der Waals surface area contributed by atoms with Crippen molar-refractivity contribution < 1.29 is 57.8 Å². The maximum atomic E-state index is 14.5. The topological polar surface area (TPSA) is 400 Å². The van der Waals surface area contributed by atoms with Gasteiger partial charge in [-0.3, -0.25) is 52.7 Å². The summed E-state index contributed by atoms with van der Waals surface area (Å²) >= 11 is 0. The number of likely N-dealkylation sites (tertiary alicyclic amines) is 1. The SMILES string of the molecule is CC[C@H](C)[C@@H]1NC(=O)C(Cc2ccc(O)cc2)NC(=O)[C@@H](N)CSSC[C@@H](C(=O)N2CCC[C@@H]2C(=O)N[C@@H](CC(C)C)C(=O)NCC(N)=O)NC(=O)C(CC(N)=O)NC(=O)[C@@H](CC(N)=O)NC1=O. The summed E-state index contributed by atoms with van der Waals surface area (Å²) in [5, 5.41) is 27.4. The fraction of sp³-hybridized carbons (Fsp3) is 0.595. The van der Waals surface area contributed by atoms with Crippen LogP contribution in [0.5, 0.6) is 5.75 Å². The van der Waals surface area contributed by atoms with Crippen LogP contribution in [-0.2, 0) is 59.2 Å². The number of nitrogens with zero attached hydrogens (tertiary/aromatic N) is 1. The molecular formula is C42H64N12O12S2. The van der Waals surface area contributed by atoms with E-state index in [0.717, 1.165) is 21.6 Å². The van der Waals surface area contributed by atoms with Crippen molar-refractivity contribution >= 4 is 86.6 Å². The number of hydrogen-bond acceptors (Lipinski definition) is 15. The van der Waals surface area contributed by atoms with Gasteiger partial charge in [0.05, 0.1) is 25.4 Å². The molecule has 16 N–H and O–H groups in total. The zero-order valence-corrected chi connectivity index (χ0v) is 40.0. The molecule has 0 bridgehead atoms. The zero-order valence-electron chi connectivity index (χ0n) is 38.4. The second-order valence-corrected chi connectivity index (χ2v) is 19.6. The Morgan fingerprint density at radius 1 is 0.765 bits per heavy atom. The highest BCUT2D eigenvalue weighted by atomic mass is 33.1. The Kier molecular flexibility index (Phi) is 22.3. The van der Waals surface area contributed by atoms with Crippen molar-refractivity contribution in [2.45, 2.75) is 121 Å². The van der Waals surface area contributed by atoms with Crippen LogP contribution in [0.25, 0.3) is 0 Å². The third-order valence-corrected chi connectivity index (χ3v) is 13.5. The Balaban J connectivity index is 2.04. The number of phenols is 1. The molecule has 0 radical (unpaired) electrons. The minimum atomic E-state index is -1.79. The van der Waals surface area contributed by atoms with Crippen molar-refractivity contribution in [1.82, 2.24) is 42.1 Å². The predicted octanol–water partition coefficient (Wildman–Crippen LogP) is -4.00. The van der Waals surface area contributed by atoms with Gasteiger partial charge in [-0.25, -0.2) is 0 Å². The highest BCUT2D eigenvalue weighted by Crippen LogP contribution is 2.26. The summed E-state index contributed by atoms with van der Waals surface area (Å²) in [7, 11) is 2.03. The maximum absolute atomic E-state index is 14.5. The van der Waals surface area contributed by atoms with Gasteiger partial charge in [0.15, 0.2) is 0 Å². The number of carbonyl (C=O) groups is 11. The molecule has 11 amide bonds. The number of benzene rings is 1. The first-order valence-electron chi connectivity index (χ1n) is 22.0. The smallest absolute Gasteiger partial charge is 0.246 e. The van der Waals surface area contributed by atoms with Gasteiger partial charge < -0.3 is 70.2 Å². The molecule has 376 valence electrons. The molecule has 0 saturated carbocycles. The first-order valence-corrected chi connectivity index (χ1v) is 24.5. The second kappa shape index (κ2) is 27.0. The fourth-order valence-electron chi connectivity index (χ4n) is 7.20. The highest BCUT2D eigenvalue weighted by molar-refractivity contribution is 8.76. The number of carbonyl (C=O) groups excluding carboxylic acids is 11. The lowest BCUT2D eigenvalue weighted by Crippen LogP contribution is -2.62. The van der Waals surface area contributed by atoms with Crippen molar-refractivity contribution in [1.29, 1.82) is 0 Å². The van der Waals surface area contributed by atoms with Crippen LogP contribution in [0.4, 0.5) is 0 Å². The lowest BCUT2D eigenvalue weighted by molar-refractivity contribution is -0.142.